The highest BCUT2D eigenvalue weighted by Crippen LogP contribution is 2.17. The van der Waals surface area contributed by atoms with Gasteiger partial charge in [0, 0.05) is 10.7 Å². The summed E-state index contributed by atoms with van der Waals surface area (Å²) < 4.78 is 0. The standard InChI is InChI=1S/C15H12ClN3O2/c1-9-5-6-12(14(20)18-9)15(21)19-13(8-17)10-3-2-4-11(16)7-10/h2-7,13H,1H3,(H,18,20)(H,19,21). The lowest BCUT2D eigenvalue weighted by Crippen LogP contribution is -2.32. The molecule has 1 amide bonds. The topological polar surface area (TPSA) is 85.8 Å². The molecule has 1 aromatic carbocycles. The molecule has 0 saturated carbocycles. The van der Waals surface area contributed by atoms with Crippen LogP contribution in [0.2, 0.25) is 5.02 Å². The van der Waals surface area contributed by atoms with Crippen molar-refractivity contribution >= 4 is 17.5 Å². The Labute approximate surface area is 126 Å². The average molecular weight is 302 g/mol. The zero-order valence-electron chi connectivity index (χ0n) is 11.2. The minimum absolute atomic E-state index is 0.0390. The number of benzene rings is 1. The summed E-state index contributed by atoms with van der Waals surface area (Å²) in [4.78, 5) is 26.4. The minimum Gasteiger partial charge on any atom is -0.332 e. The number of nitriles is 1. The van der Waals surface area contributed by atoms with Gasteiger partial charge in [-0.15, -0.1) is 0 Å². The third-order valence-electron chi connectivity index (χ3n) is 2.89. The molecule has 106 valence electrons. The molecule has 2 N–H and O–H groups in total. The number of amides is 1. The SMILES string of the molecule is Cc1ccc(C(=O)NC(C#N)c2cccc(Cl)c2)c(=O)[nH]1. The number of H-pyrrole nitrogens is 1. The van der Waals surface area contributed by atoms with Crippen LogP contribution in [0.25, 0.3) is 0 Å². The van der Waals surface area contributed by atoms with Crippen molar-refractivity contribution in [3.8, 4) is 6.07 Å². The maximum atomic E-state index is 12.1. The number of nitrogens with zero attached hydrogens (tertiary/aromatic N) is 1. The van der Waals surface area contributed by atoms with Gasteiger partial charge >= 0.3 is 0 Å². The summed E-state index contributed by atoms with van der Waals surface area (Å²) in [6.45, 7) is 1.72. The molecule has 6 heteroatoms. The van der Waals surface area contributed by atoms with Gasteiger partial charge in [0.1, 0.15) is 11.6 Å². The monoisotopic (exact) mass is 301 g/mol. The van der Waals surface area contributed by atoms with E-state index in [0.717, 1.165) is 0 Å². The fourth-order valence-corrected chi connectivity index (χ4v) is 2.03. The largest absolute Gasteiger partial charge is 0.332 e. The fraction of sp³-hybridized carbons (Fsp3) is 0.133. The summed E-state index contributed by atoms with van der Waals surface area (Å²) in [5.41, 5.74) is 0.684. The van der Waals surface area contributed by atoms with Gasteiger partial charge in [-0.2, -0.15) is 5.26 Å². The van der Waals surface area contributed by atoms with Gasteiger partial charge in [-0.25, -0.2) is 0 Å². The van der Waals surface area contributed by atoms with Crippen LogP contribution in [0.3, 0.4) is 0 Å². The Bertz CT molecular complexity index is 777. The van der Waals surface area contributed by atoms with E-state index in [2.05, 4.69) is 10.3 Å². The summed E-state index contributed by atoms with van der Waals surface area (Å²) in [5.74, 6) is -0.609. The molecule has 1 aromatic heterocycles. The van der Waals surface area contributed by atoms with Crippen LogP contribution in [-0.4, -0.2) is 10.9 Å². The number of nitrogens with one attached hydrogen (secondary N) is 2. The number of carbonyl (C=O) groups excluding carboxylic acids is 1. The van der Waals surface area contributed by atoms with Crippen LogP contribution in [0.15, 0.2) is 41.2 Å². The summed E-state index contributed by atoms with van der Waals surface area (Å²) in [6.07, 6.45) is 0. The molecule has 0 radical (unpaired) electrons. The van der Waals surface area contributed by atoms with E-state index in [9.17, 15) is 14.9 Å². The third-order valence-corrected chi connectivity index (χ3v) is 3.12. The number of rotatable bonds is 3. The van der Waals surface area contributed by atoms with Crippen molar-refractivity contribution in [3.05, 3.63) is 68.6 Å². The van der Waals surface area contributed by atoms with Gasteiger partial charge in [0.15, 0.2) is 0 Å². The summed E-state index contributed by atoms with van der Waals surface area (Å²) in [5, 5.41) is 12.2. The molecule has 1 atom stereocenters. The number of carbonyl (C=O) groups is 1. The van der Waals surface area contributed by atoms with Crippen LogP contribution in [0.1, 0.15) is 27.7 Å². The Kier molecular flexibility index (Phi) is 4.41. The quantitative estimate of drug-likeness (QED) is 0.912. The van der Waals surface area contributed by atoms with Gasteiger partial charge in [-0.3, -0.25) is 9.59 Å². The van der Waals surface area contributed by atoms with Crippen molar-refractivity contribution in [2.24, 2.45) is 0 Å². The van der Waals surface area contributed by atoms with Crippen LogP contribution >= 0.6 is 11.6 Å². The molecule has 0 fully saturated rings. The van der Waals surface area contributed by atoms with E-state index in [0.29, 0.717) is 16.3 Å². The number of aromatic nitrogens is 1. The predicted molar refractivity (Wildman–Crippen MR) is 79.1 cm³/mol. The molecule has 0 saturated heterocycles. The molecule has 5 nitrogen and oxygen atoms in total. The van der Waals surface area contributed by atoms with E-state index in [1.165, 1.54) is 6.07 Å². The maximum absolute atomic E-state index is 12.1. The summed E-state index contributed by atoms with van der Waals surface area (Å²) >= 11 is 5.86. The van der Waals surface area contributed by atoms with Gasteiger partial charge < -0.3 is 10.3 Å². The van der Waals surface area contributed by atoms with Crippen LogP contribution in [0.4, 0.5) is 0 Å². The van der Waals surface area contributed by atoms with Gasteiger partial charge in [0.05, 0.1) is 6.07 Å². The average Bonchev–Trinajstić information content (AvgIpc) is 2.44. The number of aromatic amines is 1. The highest BCUT2D eigenvalue weighted by molar-refractivity contribution is 6.30. The Morgan fingerprint density at radius 3 is 2.76 bits per heavy atom. The smallest absolute Gasteiger partial charge is 0.260 e. The Hall–Kier alpha value is -2.58. The minimum atomic E-state index is -0.878. The first-order chi connectivity index (χ1) is 10.0. The molecular weight excluding hydrogens is 290 g/mol. The first-order valence-corrected chi connectivity index (χ1v) is 6.55. The number of hydrogen-bond donors (Lipinski definition) is 2. The first-order valence-electron chi connectivity index (χ1n) is 6.17. The molecule has 2 aromatic rings. The molecular formula is C15H12ClN3O2. The van der Waals surface area contributed by atoms with E-state index in [1.807, 2.05) is 6.07 Å². The fourth-order valence-electron chi connectivity index (χ4n) is 1.84. The molecule has 2 rings (SSSR count). The van der Waals surface area contributed by atoms with E-state index in [-0.39, 0.29) is 5.56 Å². The highest BCUT2D eigenvalue weighted by Gasteiger charge is 2.17. The molecule has 0 aliphatic carbocycles. The van der Waals surface area contributed by atoms with Crippen molar-refractivity contribution < 1.29 is 4.79 Å². The third kappa shape index (κ3) is 3.50. The first kappa shape index (κ1) is 14.8. The zero-order valence-corrected chi connectivity index (χ0v) is 11.9. The van der Waals surface area contributed by atoms with Crippen LogP contribution in [-0.2, 0) is 0 Å². The zero-order chi connectivity index (χ0) is 15.4. The van der Waals surface area contributed by atoms with Crippen LogP contribution in [0, 0.1) is 18.3 Å². The van der Waals surface area contributed by atoms with E-state index >= 15 is 0 Å². The summed E-state index contributed by atoms with van der Waals surface area (Å²) in [6, 6.07) is 10.8. The van der Waals surface area contributed by atoms with Gasteiger partial charge in [0.25, 0.3) is 11.5 Å². The Morgan fingerprint density at radius 2 is 2.14 bits per heavy atom. The van der Waals surface area contributed by atoms with Crippen molar-refractivity contribution in [1.29, 1.82) is 5.26 Å². The van der Waals surface area contributed by atoms with E-state index < -0.39 is 17.5 Å². The summed E-state index contributed by atoms with van der Waals surface area (Å²) in [7, 11) is 0. The molecule has 0 spiro atoms. The molecule has 0 aliphatic rings. The number of pyridine rings is 1. The van der Waals surface area contributed by atoms with Crippen LogP contribution < -0.4 is 10.9 Å². The Morgan fingerprint density at radius 1 is 1.38 bits per heavy atom. The molecule has 21 heavy (non-hydrogen) atoms. The van der Waals surface area contributed by atoms with Crippen molar-refractivity contribution in [2.45, 2.75) is 13.0 Å². The second-order valence-electron chi connectivity index (χ2n) is 4.47. The molecule has 0 bridgehead atoms. The van der Waals surface area contributed by atoms with Crippen molar-refractivity contribution in [1.82, 2.24) is 10.3 Å². The van der Waals surface area contributed by atoms with Gasteiger partial charge in [0.2, 0.25) is 0 Å². The van der Waals surface area contributed by atoms with Crippen molar-refractivity contribution in [2.75, 3.05) is 0 Å². The van der Waals surface area contributed by atoms with Crippen LogP contribution in [0.5, 0.6) is 0 Å². The molecule has 1 unspecified atom stereocenters. The number of aryl methyl sites for hydroxylation is 1. The van der Waals surface area contributed by atoms with E-state index in [1.54, 1.807) is 37.3 Å². The Balaban J connectivity index is 2.25. The van der Waals surface area contributed by atoms with Gasteiger partial charge in [-0.05, 0) is 36.8 Å². The van der Waals surface area contributed by atoms with Crippen molar-refractivity contribution in [3.63, 3.8) is 0 Å². The number of halogens is 1. The predicted octanol–water partition coefficient (Wildman–Crippen LogP) is 2.33. The second kappa shape index (κ2) is 6.25. The molecule has 1 heterocycles. The lowest BCUT2D eigenvalue weighted by molar-refractivity contribution is 0.0943. The maximum Gasteiger partial charge on any atom is 0.260 e. The van der Waals surface area contributed by atoms with E-state index in [4.69, 9.17) is 11.6 Å². The number of hydrogen-bond acceptors (Lipinski definition) is 3. The lowest BCUT2D eigenvalue weighted by Gasteiger charge is -2.12. The second-order valence-corrected chi connectivity index (χ2v) is 4.91. The lowest BCUT2D eigenvalue weighted by atomic mass is 10.1. The normalized spacial score (nSPS) is 11.5. The highest BCUT2D eigenvalue weighted by atomic mass is 35.5. The van der Waals surface area contributed by atoms with Gasteiger partial charge in [-0.1, -0.05) is 23.7 Å². The molecule has 0 aliphatic heterocycles.